The van der Waals surface area contributed by atoms with Gasteiger partial charge in [0, 0.05) is 16.6 Å². The number of hydrogen-bond acceptors (Lipinski definition) is 4. The second-order valence-corrected chi connectivity index (χ2v) is 6.46. The van der Waals surface area contributed by atoms with Gasteiger partial charge in [-0.3, -0.25) is 0 Å². The second-order valence-electron chi connectivity index (χ2n) is 4.16. The minimum atomic E-state index is 0.460. The lowest BCUT2D eigenvalue weighted by Crippen LogP contribution is -1.97. The number of benzene rings is 1. The van der Waals surface area contributed by atoms with Gasteiger partial charge < -0.3 is 0 Å². The van der Waals surface area contributed by atoms with Crippen molar-refractivity contribution in [2.75, 3.05) is 0 Å². The number of hydrogen-bond donors (Lipinski definition) is 0. The summed E-state index contributed by atoms with van der Waals surface area (Å²) >= 11 is 9.94. The van der Waals surface area contributed by atoms with E-state index >= 15 is 0 Å². The molecule has 100 valence electrons. The van der Waals surface area contributed by atoms with Crippen molar-refractivity contribution in [3.8, 4) is 22.1 Å². The zero-order valence-corrected chi connectivity index (χ0v) is 14.2. The summed E-state index contributed by atoms with van der Waals surface area (Å²) in [7, 11) is 0. The normalized spacial score (nSPS) is 10.8. The highest BCUT2D eigenvalue weighted by Crippen LogP contribution is 2.31. The van der Waals surface area contributed by atoms with Crippen LogP contribution in [0.5, 0.6) is 0 Å². The molecule has 20 heavy (non-hydrogen) atoms. The molecule has 3 rings (SSSR count). The Labute approximate surface area is 139 Å². The number of rotatable bonds is 2. The van der Waals surface area contributed by atoms with Gasteiger partial charge >= 0.3 is 0 Å². The summed E-state index contributed by atoms with van der Waals surface area (Å²) in [6, 6.07) is 9.96. The van der Waals surface area contributed by atoms with Crippen molar-refractivity contribution in [3.63, 3.8) is 0 Å². The van der Waals surface area contributed by atoms with E-state index in [1.165, 1.54) is 11.3 Å². The van der Waals surface area contributed by atoms with Gasteiger partial charge in [0.15, 0.2) is 10.8 Å². The van der Waals surface area contributed by atoms with Crippen molar-refractivity contribution in [1.82, 2.24) is 15.0 Å². The third kappa shape index (κ3) is 2.70. The molecule has 0 radical (unpaired) electrons. The fraction of sp³-hybridized carbons (Fsp3) is 0.0714. The Balaban J connectivity index is 2.18. The number of nitrogens with zero attached hydrogens (tertiary/aromatic N) is 3. The summed E-state index contributed by atoms with van der Waals surface area (Å²) in [5, 5.41) is 3.23. The average molecular weight is 414 g/mol. The molecule has 0 unspecified atom stereocenters. The van der Waals surface area contributed by atoms with E-state index in [2.05, 4.69) is 37.5 Å². The van der Waals surface area contributed by atoms with E-state index < -0.39 is 0 Å². The molecule has 0 amide bonds. The zero-order valence-electron chi connectivity index (χ0n) is 10.5. The number of aryl methyl sites for hydroxylation is 1. The first kappa shape index (κ1) is 13.9. The summed E-state index contributed by atoms with van der Waals surface area (Å²) < 4.78 is 0.854. The number of aromatic nitrogens is 3. The maximum atomic E-state index is 6.24. The lowest BCUT2D eigenvalue weighted by atomic mass is 10.1. The summed E-state index contributed by atoms with van der Waals surface area (Å²) in [6.07, 6.45) is 0. The number of thiazole rings is 1. The second kappa shape index (κ2) is 5.75. The molecule has 0 bridgehead atoms. The first-order chi connectivity index (χ1) is 9.65. The minimum absolute atomic E-state index is 0.460. The van der Waals surface area contributed by atoms with E-state index in [1.807, 2.05) is 42.6 Å². The van der Waals surface area contributed by atoms with Gasteiger partial charge in [-0.15, -0.1) is 11.3 Å². The summed E-state index contributed by atoms with van der Waals surface area (Å²) in [5.41, 5.74) is 2.83. The van der Waals surface area contributed by atoms with Crippen LogP contribution in [0.25, 0.3) is 22.1 Å². The first-order valence-corrected chi connectivity index (χ1v) is 8.20. The first-order valence-electron chi connectivity index (χ1n) is 5.86. The van der Waals surface area contributed by atoms with Crippen LogP contribution in [0.4, 0.5) is 0 Å². The molecular weight excluding hydrogens is 405 g/mol. The third-order valence-corrected chi connectivity index (χ3v) is 5.24. The summed E-state index contributed by atoms with van der Waals surface area (Å²) in [5.74, 6) is 0.576. The lowest BCUT2D eigenvalue weighted by Gasteiger charge is -2.07. The van der Waals surface area contributed by atoms with Crippen LogP contribution in [0.1, 0.15) is 5.69 Å². The van der Waals surface area contributed by atoms with Crippen molar-refractivity contribution >= 4 is 45.5 Å². The molecule has 0 fully saturated rings. The van der Waals surface area contributed by atoms with Crippen LogP contribution in [0, 0.1) is 10.5 Å². The Morgan fingerprint density at radius 1 is 1.10 bits per heavy atom. The topological polar surface area (TPSA) is 38.7 Å². The molecular formula is C14H9ClIN3S. The van der Waals surface area contributed by atoms with Crippen LogP contribution >= 0.6 is 45.5 Å². The highest BCUT2D eigenvalue weighted by molar-refractivity contribution is 14.1. The molecule has 0 saturated heterocycles. The van der Waals surface area contributed by atoms with Gasteiger partial charge in [0.25, 0.3) is 0 Å². The van der Waals surface area contributed by atoms with E-state index in [1.54, 1.807) is 0 Å². The van der Waals surface area contributed by atoms with Gasteiger partial charge in [-0.2, -0.15) is 0 Å². The van der Waals surface area contributed by atoms with Crippen LogP contribution in [0.2, 0.25) is 5.15 Å². The Morgan fingerprint density at radius 3 is 2.50 bits per heavy atom. The molecule has 1 aromatic carbocycles. The highest BCUT2D eigenvalue weighted by Gasteiger charge is 2.15. The maximum absolute atomic E-state index is 6.24. The van der Waals surface area contributed by atoms with Gasteiger partial charge in [-0.05, 0) is 29.5 Å². The maximum Gasteiger partial charge on any atom is 0.190 e. The van der Waals surface area contributed by atoms with E-state index in [-0.39, 0.29) is 0 Å². The van der Waals surface area contributed by atoms with Crippen LogP contribution < -0.4 is 0 Å². The Bertz CT molecular complexity index is 758. The van der Waals surface area contributed by atoms with Crippen LogP contribution in [-0.2, 0) is 0 Å². The van der Waals surface area contributed by atoms with Gasteiger partial charge in [-0.1, -0.05) is 41.9 Å². The predicted octanol–water partition coefficient (Wildman–Crippen LogP) is 4.83. The monoisotopic (exact) mass is 413 g/mol. The van der Waals surface area contributed by atoms with E-state index in [9.17, 15) is 0 Å². The fourth-order valence-electron chi connectivity index (χ4n) is 1.76. The standard InChI is InChI=1S/C14H9ClIN3S/c1-8-7-20-14(17-8)13-18-11(10(16)12(15)19-13)9-5-3-2-4-6-9/h2-7H,1H3. The molecule has 2 heterocycles. The third-order valence-electron chi connectivity index (χ3n) is 2.67. The van der Waals surface area contributed by atoms with Crippen molar-refractivity contribution in [2.24, 2.45) is 0 Å². The van der Waals surface area contributed by atoms with Gasteiger partial charge in [0.2, 0.25) is 0 Å². The van der Waals surface area contributed by atoms with Crippen LogP contribution in [0.15, 0.2) is 35.7 Å². The van der Waals surface area contributed by atoms with E-state index in [4.69, 9.17) is 11.6 Å². The van der Waals surface area contributed by atoms with Crippen molar-refractivity contribution in [2.45, 2.75) is 6.92 Å². The molecule has 0 N–H and O–H groups in total. The molecule has 0 saturated carbocycles. The Hall–Kier alpha value is -1.05. The molecule has 6 heteroatoms. The molecule has 3 nitrogen and oxygen atoms in total. The van der Waals surface area contributed by atoms with Crippen molar-refractivity contribution in [3.05, 3.63) is 50.1 Å². The zero-order chi connectivity index (χ0) is 14.1. The van der Waals surface area contributed by atoms with Crippen LogP contribution in [0.3, 0.4) is 0 Å². The largest absolute Gasteiger partial charge is 0.238 e. The van der Waals surface area contributed by atoms with Gasteiger partial charge in [0.1, 0.15) is 5.15 Å². The predicted molar refractivity (Wildman–Crippen MR) is 91.0 cm³/mol. The molecule has 0 aliphatic heterocycles. The van der Waals surface area contributed by atoms with Crippen molar-refractivity contribution < 1.29 is 0 Å². The lowest BCUT2D eigenvalue weighted by molar-refractivity contribution is 1.14. The van der Waals surface area contributed by atoms with Gasteiger partial charge in [0.05, 0.1) is 9.26 Å². The fourth-order valence-corrected chi connectivity index (χ4v) is 3.21. The minimum Gasteiger partial charge on any atom is -0.238 e. The molecule has 3 aromatic rings. The quantitative estimate of drug-likeness (QED) is 0.446. The van der Waals surface area contributed by atoms with E-state index in [0.29, 0.717) is 11.0 Å². The summed E-state index contributed by atoms with van der Waals surface area (Å²) in [4.78, 5) is 13.4. The van der Waals surface area contributed by atoms with Crippen molar-refractivity contribution in [1.29, 1.82) is 0 Å². The molecule has 0 aliphatic carbocycles. The molecule has 0 aliphatic rings. The summed E-state index contributed by atoms with van der Waals surface area (Å²) in [6.45, 7) is 1.95. The number of halogens is 2. The smallest absolute Gasteiger partial charge is 0.190 e. The molecule has 0 atom stereocenters. The molecule has 0 spiro atoms. The SMILES string of the molecule is Cc1csc(-c2nc(Cl)c(I)c(-c3ccccc3)n2)n1. The highest BCUT2D eigenvalue weighted by atomic mass is 127. The van der Waals surface area contributed by atoms with Gasteiger partial charge in [-0.25, -0.2) is 15.0 Å². The Morgan fingerprint density at radius 2 is 1.85 bits per heavy atom. The average Bonchev–Trinajstić information content (AvgIpc) is 2.89. The van der Waals surface area contributed by atoms with E-state index in [0.717, 1.165) is 25.5 Å². The molecule has 2 aromatic heterocycles. The van der Waals surface area contributed by atoms with Crippen LogP contribution in [-0.4, -0.2) is 15.0 Å². The Kier molecular flexibility index (Phi) is 4.00.